The predicted molar refractivity (Wildman–Crippen MR) is 137 cm³/mol. The average Bonchev–Trinajstić information content (AvgIpc) is 2.79. The number of nitrogens with one attached hydrogen (secondary N) is 1. The lowest BCUT2D eigenvalue weighted by atomic mass is 9.99. The van der Waals surface area contributed by atoms with E-state index in [2.05, 4.69) is 59.4 Å². The Bertz CT molecular complexity index is 1300. The maximum atomic E-state index is 13.2. The number of rotatable bonds is 5. The van der Waals surface area contributed by atoms with Gasteiger partial charge >= 0.3 is 0 Å². The third kappa shape index (κ3) is 4.98. The second-order valence-corrected chi connectivity index (χ2v) is 9.65. The summed E-state index contributed by atoms with van der Waals surface area (Å²) < 4.78 is 0.888. The van der Waals surface area contributed by atoms with E-state index in [0.29, 0.717) is 28.1 Å². The van der Waals surface area contributed by atoms with E-state index < -0.39 is 0 Å². The molecule has 0 atom stereocenters. The van der Waals surface area contributed by atoms with E-state index in [0.717, 1.165) is 32.2 Å². The molecule has 4 rings (SSSR count). The van der Waals surface area contributed by atoms with Crippen LogP contribution in [0.4, 0.5) is 0 Å². The first-order valence-corrected chi connectivity index (χ1v) is 11.8. The number of aromatic nitrogens is 1. The Morgan fingerprint density at radius 3 is 2.41 bits per heavy atom. The number of hydrogen-bond acceptors (Lipinski definition) is 2. The van der Waals surface area contributed by atoms with Crippen molar-refractivity contribution in [2.24, 2.45) is 0 Å². The molecule has 3 aromatic carbocycles. The van der Waals surface area contributed by atoms with Crippen LogP contribution >= 0.6 is 39.1 Å². The molecule has 1 amide bonds. The number of halogens is 3. The van der Waals surface area contributed by atoms with E-state index >= 15 is 0 Å². The molecule has 0 fully saturated rings. The van der Waals surface area contributed by atoms with Crippen LogP contribution in [-0.2, 0) is 6.54 Å². The molecule has 1 N–H and O–H groups in total. The van der Waals surface area contributed by atoms with E-state index in [4.69, 9.17) is 28.2 Å². The van der Waals surface area contributed by atoms with Crippen LogP contribution in [0.2, 0.25) is 10.0 Å². The molecule has 0 radical (unpaired) electrons. The van der Waals surface area contributed by atoms with Gasteiger partial charge in [0.1, 0.15) is 0 Å². The molecule has 0 aliphatic carbocycles. The van der Waals surface area contributed by atoms with E-state index in [1.54, 1.807) is 12.1 Å². The van der Waals surface area contributed by atoms with Gasteiger partial charge in [-0.05, 0) is 53.4 Å². The van der Waals surface area contributed by atoms with Crippen molar-refractivity contribution in [3.05, 3.63) is 97.9 Å². The van der Waals surface area contributed by atoms with Gasteiger partial charge in [-0.2, -0.15) is 0 Å². The maximum absolute atomic E-state index is 13.2. The van der Waals surface area contributed by atoms with Gasteiger partial charge in [-0.25, -0.2) is 4.98 Å². The van der Waals surface area contributed by atoms with Crippen LogP contribution in [0.5, 0.6) is 0 Å². The molecule has 0 saturated carbocycles. The van der Waals surface area contributed by atoms with Crippen molar-refractivity contribution >= 4 is 55.9 Å². The third-order valence-electron chi connectivity index (χ3n) is 5.33. The monoisotopic (exact) mass is 526 g/mol. The quantitative estimate of drug-likeness (QED) is 0.285. The SMILES string of the molecule is CC(C)c1ccc(-c2cc(C(=O)NCc3ccc(Cl)c(Cl)c3)c3cc(Br)ccc3n2)cc1. The Kier molecular flexibility index (Phi) is 6.85. The molecule has 0 aliphatic heterocycles. The van der Waals surface area contributed by atoms with Gasteiger partial charge < -0.3 is 5.32 Å². The smallest absolute Gasteiger partial charge is 0.252 e. The number of amides is 1. The van der Waals surface area contributed by atoms with Crippen molar-refractivity contribution in [3.8, 4) is 11.3 Å². The zero-order valence-electron chi connectivity index (χ0n) is 17.6. The molecular formula is C26H21BrCl2N2O. The minimum absolute atomic E-state index is 0.179. The lowest BCUT2D eigenvalue weighted by molar-refractivity contribution is 0.0952. The summed E-state index contributed by atoms with van der Waals surface area (Å²) >= 11 is 15.6. The molecule has 0 aliphatic rings. The van der Waals surface area contributed by atoms with Crippen LogP contribution in [-0.4, -0.2) is 10.9 Å². The van der Waals surface area contributed by atoms with Crippen molar-refractivity contribution in [1.82, 2.24) is 10.3 Å². The Balaban J connectivity index is 1.70. The second-order valence-electron chi connectivity index (χ2n) is 7.92. The molecule has 4 aromatic rings. The molecule has 0 bridgehead atoms. The minimum Gasteiger partial charge on any atom is -0.348 e. The molecular weight excluding hydrogens is 507 g/mol. The van der Waals surface area contributed by atoms with Gasteiger partial charge in [0.05, 0.1) is 26.8 Å². The first kappa shape index (κ1) is 22.8. The molecule has 1 aromatic heterocycles. The van der Waals surface area contributed by atoms with Crippen molar-refractivity contribution in [2.75, 3.05) is 0 Å². The lowest BCUT2D eigenvalue weighted by Crippen LogP contribution is -2.23. The summed E-state index contributed by atoms with van der Waals surface area (Å²) in [6, 6.07) is 21.3. The van der Waals surface area contributed by atoms with E-state index in [1.165, 1.54) is 5.56 Å². The Labute approximate surface area is 205 Å². The Morgan fingerprint density at radius 1 is 0.969 bits per heavy atom. The summed E-state index contributed by atoms with van der Waals surface area (Å²) in [5.74, 6) is 0.273. The fourth-order valence-electron chi connectivity index (χ4n) is 3.50. The van der Waals surface area contributed by atoms with E-state index in [9.17, 15) is 4.79 Å². The standard InChI is InChI=1S/C26H21BrCl2N2O/c1-15(2)17-4-6-18(7-5-17)25-13-21(20-12-19(27)8-10-24(20)31-25)26(32)30-14-16-3-9-22(28)23(29)11-16/h3-13,15H,14H2,1-2H3,(H,30,32). The number of nitrogens with zero attached hydrogens (tertiary/aromatic N) is 1. The van der Waals surface area contributed by atoms with Crippen LogP contribution < -0.4 is 5.32 Å². The fourth-order valence-corrected chi connectivity index (χ4v) is 4.18. The predicted octanol–water partition coefficient (Wildman–Crippen LogP) is 8.02. The number of pyridine rings is 1. The molecule has 0 spiro atoms. The van der Waals surface area contributed by atoms with Crippen molar-refractivity contribution in [2.45, 2.75) is 26.3 Å². The van der Waals surface area contributed by atoms with Gasteiger partial charge in [0, 0.05) is 22.0 Å². The van der Waals surface area contributed by atoms with Gasteiger partial charge in [0.2, 0.25) is 0 Å². The first-order chi connectivity index (χ1) is 15.3. The molecule has 32 heavy (non-hydrogen) atoms. The van der Waals surface area contributed by atoms with Crippen LogP contribution in [0.1, 0.15) is 41.3 Å². The van der Waals surface area contributed by atoms with Crippen molar-refractivity contribution in [3.63, 3.8) is 0 Å². The topological polar surface area (TPSA) is 42.0 Å². The van der Waals surface area contributed by atoms with Crippen molar-refractivity contribution < 1.29 is 4.79 Å². The molecule has 0 saturated heterocycles. The molecule has 6 heteroatoms. The van der Waals surface area contributed by atoms with Gasteiger partial charge in [0.15, 0.2) is 0 Å². The fraction of sp³-hybridized carbons (Fsp3) is 0.154. The summed E-state index contributed by atoms with van der Waals surface area (Å²) in [6.07, 6.45) is 0. The summed E-state index contributed by atoms with van der Waals surface area (Å²) in [4.78, 5) is 18.0. The highest BCUT2D eigenvalue weighted by Crippen LogP contribution is 2.28. The first-order valence-electron chi connectivity index (χ1n) is 10.2. The number of fused-ring (bicyclic) bond motifs is 1. The molecule has 162 valence electrons. The zero-order valence-corrected chi connectivity index (χ0v) is 20.7. The third-order valence-corrected chi connectivity index (χ3v) is 6.56. The van der Waals surface area contributed by atoms with Crippen LogP contribution in [0, 0.1) is 0 Å². The van der Waals surface area contributed by atoms with E-state index in [-0.39, 0.29) is 5.91 Å². The average molecular weight is 528 g/mol. The number of hydrogen-bond donors (Lipinski definition) is 1. The highest BCUT2D eigenvalue weighted by atomic mass is 79.9. The summed E-state index contributed by atoms with van der Waals surface area (Å²) in [7, 11) is 0. The number of benzene rings is 3. The largest absolute Gasteiger partial charge is 0.348 e. The number of carbonyl (C=O) groups excluding carboxylic acids is 1. The summed E-state index contributed by atoms with van der Waals surface area (Å²) in [5, 5.41) is 4.73. The van der Waals surface area contributed by atoms with Gasteiger partial charge in [0.25, 0.3) is 5.91 Å². The highest BCUT2D eigenvalue weighted by molar-refractivity contribution is 9.10. The van der Waals surface area contributed by atoms with Gasteiger partial charge in [-0.15, -0.1) is 0 Å². The van der Waals surface area contributed by atoms with Crippen LogP contribution in [0.3, 0.4) is 0 Å². The second kappa shape index (κ2) is 9.62. The minimum atomic E-state index is -0.179. The normalized spacial score (nSPS) is 11.2. The molecule has 3 nitrogen and oxygen atoms in total. The van der Waals surface area contributed by atoms with Crippen LogP contribution in [0.15, 0.2) is 71.2 Å². The van der Waals surface area contributed by atoms with Gasteiger partial charge in [-0.3, -0.25) is 4.79 Å². The summed E-state index contributed by atoms with van der Waals surface area (Å²) in [6.45, 7) is 4.67. The van der Waals surface area contributed by atoms with E-state index in [1.807, 2.05) is 30.3 Å². The maximum Gasteiger partial charge on any atom is 0.252 e. The van der Waals surface area contributed by atoms with Crippen LogP contribution in [0.25, 0.3) is 22.2 Å². The van der Waals surface area contributed by atoms with Crippen molar-refractivity contribution in [1.29, 1.82) is 0 Å². The number of carbonyl (C=O) groups is 1. The highest BCUT2D eigenvalue weighted by Gasteiger charge is 2.15. The Hall–Kier alpha value is -2.40. The molecule has 1 heterocycles. The summed E-state index contributed by atoms with van der Waals surface area (Å²) in [5.41, 5.74) is 5.19. The zero-order chi connectivity index (χ0) is 22.8. The molecule has 0 unspecified atom stereocenters. The Morgan fingerprint density at radius 2 is 1.72 bits per heavy atom. The lowest BCUT2D eigenvalue weighted by Gasteiger charge is -2.12. The van der Waals surface area contributed by atoms with Gasteiger partial charge in [-0.1, -0.05) is 83.3 Å².